The molecule has 0 aromatic heterocycles. The second-order valence-corrected chi connectivity index (χ2v) is 6.66. The lowest BCUT2D eigenvalue weighted by atomic mass is 10.2. The van der Waals surface area contributed by atoms with Gasteiger partial charge in [0, 0.05) is 44.5 Å². The average molecular weight is 362 g/mol. The van der Waals surface area contributed by atoms with Crippen LogP contribution in [0.25, 0.3) is 0 Å². The molecule has 0 spiro atoms. The van der Waals surface area contributed by atoms with Gasteiger partial charge in [-0.25, -0.2) is 8.78 Å². The fraction of sp³-hybridized carbons (Fsp3) is 0.400. The third-order valence-electron chi connectivity index (χ3n) is 4.57. The molecule has 2 aromatic rings. The van der Waals surface area contributed by atoms with Gasteiger partial charge in [0.1, 0.15) is 18.5 Å². The molecular weight excluding hydrogens is 338 g/mol. The van der Waals surface area contributed by atoms with Gasteiger partial charge in [0.05, 0.1) is 0 Å². The molecule has 4 nitrogen and oxygen atoms in total. The number of rotatable bonds is 6. The number of aliphatic hydroxyl groups excluding tert-OH is 1. The van der Waals surface area contributed by atoms with E-state index >= 15 is 0 Å². The second kappa shape index (κ2) is 8.47. The number of piperazine rings is 1. The van der Waals surface area contributed by atoms with Crippen molar-refractivity contribution in [1.29, 1.82) is 0 Å². The summed E-state index contributed by atoms with van der Waals surface area (Å²) in [5.41, 5.74) is 1.85. The largest absolute Gasteiger partial charge is 0.491 e. The number of benzene rings is 2. The first-order valence-corrected chi connectivity index (χ1v) is 8.81. The minimum atomic E-state index is -0.830. The smallest absolute Gasteiger partial charge is 0.160 e. The highest BCUT2D eigenvalue weighted by atomic mass is 19.2. The van der Waals surface area contributed by atoms with Crippen molar-refractivity contribution < 1.29 is 18.6 Å². The van der Waals surface area contributed by atoms with Crippen molar-refractivity contribution in [3.8, 4) is 5.75 Å². The highest BCUT2D eigenvalue weighted by molar-refractivity contribution is 5.47. The van der Waals surface area contributed by atoms with Crippen LogP contribution >= 0.6 is 0 Å². The normalized spacial score (nSPS) is 16.5. The molecule has 1 heterocycles. The average Bonchev–Trinajstić information content (AvgIpc) is 2.64. The van der Waals surface area contributed by atoms with E-state index in [0.29, 0.717) is 25.3 Å². The third kappa shape index (κ3) is 4.93. The van der Waals surface area contributed by atoms with Gasteiger partial charge in [-0.3, -0.25) is 4.90 Å². The highest BCUT2D eigenvalue weighted by Gasteiger charge is 2.20. The number of aliphatic hydroxyl groups is 1. The Hall–Kier alpha value is -2.18. The molecule has 0 aliphatic carbocycles. The van der Waals surface area contributed by atoms with Crippen molar-refractivity contribution in [2.45, 2.75) is 13.0 Å². The molecule has 0 bridgehead atoms. The molecule has 0 unspecified atom stereocenters. The van der Waals surface area contributed by atoms with E-state index < -0.39 is 17.7 Å². The van der Waals surface area contributed by atoms with Crippen molar-refractivity contribution >= 4 is 5.69 Å². The lowest BCUT2D eigenvalue weighted by Gasteiger charge is -2.36. The van der Waals surface area contributed by atoms with Crippen LogP contribution in [0.2, 0.25) is 0 Å². The zero-order chi connectivity index (χ0) is 18.5. The van der Waals surface area contributed by atoms with Crippen LogP contribution in [-0.2, 0) is 0 Å². The maximum absolute atomic E-state index is 13.4. The number of aryl methyl sites for hydroxylation is 1. The molecule has 0 amide bonds. The van der Waals surface area contributed by atoms with Crippen molar-refractivity contribution in [3.05, 3.63) is 59.7 Å². The highest BCUT2D eigenvalue weighted by Crippen LogP contribution is 2.19. The lowest BCUT2D eigenvalue weighted by molar-refractivity contribution is 0.0663. The molecule has 2 aromatic carbocycles. The Morgan fingerprint density at radius 3 is 2.35 bits per heavy atom. The van der Waals surface area contributed by atoms with Gasteiger partial charge in [-0.1, -0.05) is 17.7 Å². The van der Waals surface area contributed by atoms with Crippen molar-refractivity contribution in [1.82, 2.24) is 4.90 Å². The van der Waals surface area contributed by atoms with E-state index in [-0.39, 0.29) is 6.61 Å². The predicted molar refractivity (Wildman–Crippen MR) is 97.7 cm³/mol. The van der Waals surface area contributed by atoms with Gasteiger partial charge >= 0.3 is 0 Å². The van der Waals surface area contributed by atoms with Gasteiger partial charge in [0.2, 0.25) is 0 Å². The third-order valence-corrected chi connectivity index (χ3v) is 4.57. The first-order chi connectivity index (χ1) is 12.5. The van der Waals surface area contributed by atoms with Crippen LogP contribution in [0.3, 0.4) is 0 Å². The predicted octanol–water partition coefficient (Wildman–Crippen LogP) is 2.84. The Morgan fingerprint density at radius 1 is 1.00 bits per heavy atom. The zero-order valence-electron chi connectivity index (χ0n) is 14.9. The molecule has 1 aliphatic heterocycles. The Morgan fingerprint density at radius 2 is 1.69 bits per heavy atom. The van der Waals surface area contributed by atoms with Crippen LogP contribution in [0, 0.1) is 18.6 Å². The van der Waals surface area contributed by atoms with Crippen LogP contribution in [-0.4, -0.2) is 55.4 Å². The Kier molecular flexibility index (Phi) is 6.06. The molecule has 0 saturated carbocycles. The SMILES string of the molecule is Cc1ccc(OC[C@@H](O)CN2CCN(c3ccc(F)c(F)c3)CC2)cc1. The summed E-state index contributed by atoms with van der Waals surface area (Å²) in [6, 6.07) is 11.7. The molecule has 3 rings (SSSR count). The fourth-order valence-corrected chi connectivity index (χ4v) is 3.05. The molecule has 1 saturated heterocycles. The van der Waals surface area contributed by atoms with Crippen molar-refractivity contribution in [2.24, 2.45) is 0 Å². The van der Waals surface area contributed by atoms with Gasteiger partial charge in [-0.2, -0.15) is 0 Å². The van der Waals surface area contributed by atoms with Gasteiger partial charge < -0.3 is 14.7 Å². The van der Waals surface area contributed by atoms with Crippen LogP contribution in [0.4, 0.5) is 14.5 Å². The van der Waals surface area contributed by atoms with Crippen LogP contribution in [0.15, 0.2) is 42.5 Å². The van der Waals surface area contributed by atoms with Crippen molar-refractivity contribution in [3.63, 3.8) is 0 Å². The summed E-state index contributed by atoms with van der Waals surface area (Å²) < 4.78 is 32.0. The van der Waals surface area contributed by atoms with E-state index in [4.69, 9.17) is 4.74 Å². The fourth-order valence-electron chi connectivity index (χ4n) is 3.05. The maximum atomic E-state index is 13.4. The van der Waals surface area contributed by atoms with Gasteiger partial charge in [0.15, 0.2) is 11.6 Å². The minimum absolute atomic E-state index is 0.243. The van der Waals surface area contributed by atoms with E-state index in [1.54, 1.807) is 6.07 Å². The number of nitrogens with zero attached hydrogens (tertiary/aromatic N) is 2. The number of halogens is 2. The van der Waals surface area contributed by atoms with Crippen molar-refractivity contribution in [2.75, 3.05) is 44.2 Å². The first-order valence-electron chi connectivity index (χ1n) is 8.81. The van der Waals surface area contributed by atoms with E-state index in [9.17, 15) is 13.9 Å². The van der Waals surface area contributed by atoms with Gasteiger partial charge in [-0.15, -0.1) is 0 Å². The number of β-amino-alcohol motifs (C(OH)–C–C–N with tert-alkyl or cyclic N) is 1. The standard InChI is InChI=1S/C20H24F2N2O2/c1-15-2-5-18(6-3-15)26-14-17(25)13-23-8-10-24(11-9-23)16-4-7-19(21)20(22)12-16/h2-7,12,17,25H,8-11,13-14H2,1H3/t17-/m0/s1. The monoisotopic (exact) mass is 362 g/mol. The molecule has 6 heteroatoms. The summed E-state index contributed by atoms with van der Waals surface area (Å²) in [7, 11) is 0. The van der Waals surface area contributed by atoms with E-state index in [1.807, 2.05) is 36.1 Å². The quantitative estimate of drug-likeness (QED) is 0.857. The number of anilines is 1. The molecule has 1 N–H and O–H groups in total. The summed E-state index contributed by atoms with van der Waals surface area (Å²) in [5, 5.41) is 10.2. The number of hydrogen-bond donors (Lipinski definition) is 1. The molecule has 1 aliphatic rings. The van der Waals surface area contributed by atoms with Crippen LogP contribution in [0.5, 0.6) is 5.75 Å². The summed E-state index contributed by atoms with van der Waals surface area (Å²) in [4.78, 5) is 4.17. The summed E-state index contributed by atoms with van der Waals surface area (Å²) in [5.74, 6) is -0.907. The molecule has 140 valence electrons. The minimum Gasteiger partial charge on any atom is -0.491 e. The van der Waals surface area contributed by atoms with E-state index in [2.05, 4.69) is 4.90 Å². The summed E-state index contributed by atoms with van der Waals surface area (Å²) in [6.07, 6.45) is -0.578. The van der Waals surface area contributed by atoms with E-state index in [0.717, 1.165) is 30.5 Å². The molecule has 0 radical (unpaired) electrons. The second-order valence-electron chi connectivity index (χ2n) is 6.66. The molecule has 1 atom stereocenters. The lowest BCUT2D eigenvalue weighted by Crippen LogP contribution is -2.49. The Balaban J connectivity index is 1.43. The molecule has 26 heavy (non-hydrogen) atoms. The van der Waals surface area contributed by atoms with Gasteiger partial charge in [-0.05, 0) is 31.2 Å². The number of ether oxygens (including phenoxy) is 1. The molecule has 1 fully saturated rings. The topological polar surface area (TPSA) is 35.9 Å². The van der Waals surface area contributed by atoms with Gasteiger partial charge in [0.25, 0.3) is 0 Å². The Labute approximate surface area is 152 Å². The van der Waals surface area contributed by atoms with Crippen LogP contribution < -0.4 is 9.64 Å². The van der Waals surface area contributed by atoms with E-state index in [1.165, 1.54) is 6.07 Å². The zero-order valence-corrected chi connectivity index (χ0v) is 14.9. The summed E-state index contributed by atoms with van der Waals surface area (Å²) >= 11 is 0. The Bertz CT molecular complexity index is 716. The maximum Gasteiger partial charge on any atom is 0.160 e. The molecular formula is C20H24F2N2O2. The summed E-state index contributed by atoms with van der Waals surface area (Å²) in [6.45, 7) is 5.69. The number of hydrogen-bond acceptors (Lipinski definition) is 4. The first kappa shape index (κ1) is 18.6. The van der Waals surface area contributed by atoms with Crippen LogP contribution in [0.1, 0.15) is 5.56 Å².